The van der Waals surface area contributed by atoms with Crippen LogP contribution < -0.4 is 16.2 Å². The van der Waals surface area contributed by atoms with Crippen LogP contribution >= 0.6 is 0 Å². The van der Waals surface area contributed by atoms with Gasteiger partial charge in [0, 0.05) is 24.7 Å². The number of rotatable bonds is 5. The first-order valence-corrected chi connectivity index (χ1v) is 6.87. The van der Waals surface area contributed by atoms with E-state index in [9.17, 15) is 0 Å². The van der Waals surface area contributed by atoms with Gasteiger partial charge in [0.2, 0.25) is 0 Å². The Balaban J connectivity index is 2.49. The smallest absolute Gasteiger partial charge is 0.145 e. The fraction of sp³-hybridized carbons (Fsp3) is 0.333. The van der Waals surface area contributed by atoms with Gasteiger partial charge in [-0.1, -0.05) is 25.1 Å². The molecule has 0 atom stereocenters. The van der Waals surface area contributed by atoms with Crippen molar-refractivity contribution in [3.8, 4) is 0 Å². The molecular formula is C15H21N5. The number of para-hydroxylation sites is 1. The molecule has 5 nitrogen and oxygen atoms in total. The van der Waals surface area contributed by atoms with Gasteiger partial charge in [0.05, 0.1) is 0 Å². The highest BCUT2D eigenvalue weighted by atomic mass is 15.3. The van der Waals surface area contributed by atoms with Crippen molar-refractivity contribution in [1.82, 2.24) is 9.97 Å². The van der Waals surface area contributed by atoms with Crippen LogP contribution in [0.2, 0.25) is 0 Å². The average molecular weight is 271 g/mol. The van der Waals surface area contributed by atoms with Crippen molar-refractivity contribution in [2.24, 2.45) is 5.84 Å². The predicted octanol–water partition coefficient (Wildman–Crippen LogP) is 2.79. The van der Waals surface area contributed by atoms with Gasteiger partial charge < -0.3 is 10.3 Å². The largest absolute Gasteiger partial charge is 0.326 e. The Morgan fingerprint density at radius 2 is 1.95 bits per heavy atom. The van der Waals surface area contributed by atoms with E-state index >= 15 is 0 Å². The van der Waals surface area contributed by atoms with E-state index in [-0.39, 0.29) is 0 Å². The van der Waals surface area contributed by atoms with E-state index in [0.29, 0.717) is 5.82 Å². The molecule has 2 aromatic rings. The third-order valence-electron chi connectivity index (χ3n) is 3.22. The summed E-state index contributed by atoms with van der Waals surface area (Å²) in [6.45, 7) is 7.07. The molecule has 5 heteroatoms. The second kappa shape index (κ2) is 6.34. The number of nitrogens with one attached hydrogen (secondary N) is 1. The maximum atomic E-state index is 5.49. The highest BCUT2D eigenvalue weighted by molar-refractivity contribution is 5.65. The number of aromatic nitrogens is 2. The van der Waals surface area contributed by atoms with Crippen molar-refractivity contribution >= 4 is 17.3 Å². The number of nitrogen functional groups attached to an aromatic ring is 1. The zero-order valence-corrected chi connectivity index (χ0v) is 12.2. The number of aryl methyl sites for hydroxylation is 2. The Kier molecular flexibility index (Phi) is 4.53. The van der Waals surface area contributed by atoms with Gasteiger partial charge in [-0.15, -0.1) is 0 Å². The van der Waals surface area contributed by atoms with Crippen LogP contribution in [0, 0.1) is 6.92 Å². The molecule has 106 valence electrons. The zero-order chi connectivity index (χ0) is 14.5. The Morgan fingerprint density at radius 3 is 2.55 bits per heavy atom. The number of hydrazine groups is 1. The van der Waals surface area contributed by atoms with Gasteiger partial charge in [0.15, 0.2) is 0 Å². The minimum atomic E-state index is 0.638. The van der Waals surface area contributed by atoms with Crippen LogP contribution in [-0.4, -0.2) is 16.5 Å². The lowest BCUT2D eigenvalue weighted by Gasteiger charge is -2.24. The van der Waals surface area contributed by atoms with Gasteiger partial charge >= 0.3 is 0 Å². The van der Waals surface area contributed by atoms with Gasteiger partial charge in [-0.05, 0) is 25.5 Å². The van der Waals surface area contributed by atoms with Crippen molar-refractivity contribution in [2.45, 2.75) is 27.2 Å². The summed E-state index contributed by atoms with van der Waals surface area (Å²) in [6, 6.07) is 10.1. The molecule has 0 unspecified atom stereocenters. The molecule has 0 saturated heterocycles. The first kappa shape index (κ1) is 14.3. The third-order valence-corrected chi connectivity index (χ3v) is 3.22. The number of nitrogens with two attached hydrogens (primary N) is 1. The minimum Gasteiger partial charge on any atom is -0.326 e. The molecule has 1 heterocycles. The molecule has 0 saturated carbocycles. The Bertz CT molecular complexity index is 560. The van der Waals surface area contributed by atoms with Crippen molar-refractivity contribution in [1.29, 1.82) is 0 Å². The summed E-state index contributed by atoms with van der Waals surface area (Å²) < 4.78 is 0. The zero-order valence-electron chi connectivity index (χ0n) is 12.2. The Hall–Kier alpha value is -2.14. The van der Waals surface area contributed by atoms with Gasteiger partial charge in [-0.2, -0.15) is 0 Å². The number of anilines is 3. The van der Waals surface area contributed by atoms with Gasteiger partial charge in [0.25, 0.3) is 0 Å². The summed E-state index contributed by atoms with van der Waals surface area (Å²) >= 11 is 0. The second-order valence-electron chi connectivity index (χ2n) is 4.56. The summed E-state index contributed by atoms with van der Waals surface area (Å²) in [5.74, 6) is 7.77. The van der Waals surface area contributed by atoms with Crippen molar-refractivity contribution in [2.75, 3.05) is 16.9 Å². The Labute approximate surface area is 119 Å². The maximum absolute atomic E-state index is 5.49. The van der Waals surface area contributed by atoms with E-state index in [4.69, 9.17) is 5.84 Å². The normalized spacial score (nSPS) is 10.4. The lowest BCUT2D eigenvalue weighted by atomic mass is 10.2. The van der Waals surface area contributed by atoms with Crippen LogP contribution in [0.4, 0.5) is 17.3 Å². The molecule has 0 aliphatic rings. The molecular weight excluding hydrogens is 250 g/mol. The lowest BCUT2D eigenvalue weighted by Crippen LogP contribution is -2.20. The molecule has 0 fully saturated rings. The van der Waals surface area contributed by atoms with Crippen LogP contribution in [0.3, 0.4) is 0 Å². The van der Waals surface area contributed by atoms with Gasteiger partial charge in [-0.3, -0.25) is 0 Å². The summed E-state index contributed by atoms with van der Waals surface area (Å²) in [4.78, 5) is 11.1. The molecule has 0 spiro atoms. The highest BCUT2D eigenvalue weighted by Crippen LogP contribution is 2.27. The maximum Gasteiger partial charge on any atom is 0.145 e. The molecule has 3 N–H and O–H groups in total. The fourth-order valence-electron chi connectivity index (χ4n) is 2.18. The van der Waals surface area contributed by atoms with Crippen LogP contribution in [0.25, 0.3) is 0 Å². The molecule has 1 aromatic heterocycles. The summed E-state index contributed by atoms with van der Waals surface area (Å²) in [5.41, 5.74) is 4.98. The molecule has 0 amide bonds. The molecule has 0 radical (unpaired) electrons. The molecule has 20 heavy (non-hydrogen) atoms. The SMILES string of the molecule is CCc1nc(NN)cc(N(CC)c2ccccc2C)n1. The molecule has 1 aromatic carbocycles. The summed E-state index contributed by atoms with van der Waals surface area (Å²) in [6.07, 6.45) is 0.772. The minimum absolute atomic E-state index is 0.638. The molecule has 0 aliphatic heterocycles. The first-order chi connectivity index (χ1) is 9.69. The summed E-state index contributed by atoms with van der Waals surface area (Å²) in [5, 5.41) is 0. The van der Waals surface area contributed by atoms with E-state index in [2.05, 4.69) is 46.3 Å². The van der Waals surface area contributed by atoms with E-state index in [1.165, 1.54) is 5.56 Å². The number of benzene rings is 1. The molecule has 2 rings (SSSR count). The highest BCUT2D eigenvalue weighted by Gasteiger charge is 2.13. The lowest BCUT2D eigenvalue weighted by molar-refractivity contribution is 0.900. The molecule has 0 bridgehead atoms. The molecule has 0 aliphatic carbocycles. The third kappa shape index (κ3) is 2.88. The quantitative estimate of drug-likeness (QED) is 0.646. The van der Waals surface area contributed by atoms with Crippen LogP contribution in [0.1, 0.15) is 25.2 Å². The Morgan fingerprint density at radius 1 is 1.20 bits per heavy atom. The van der Waals surface area contributed by atoms with Crippen LogP contribution in [0.15, 0.2) is 30.3 Å². The van der Waals surface area contributed by atoms with Crippen molar-refractivity contribution in [3.05, 3.63) is 41.7 Å². The fourth-order valence-corrected chi connectivity index (χ4v) is 2.18. The van der Waals surface area contributed by atoms with E-state index in [0.717, 1.165) is 30.3 Å². The van der Waals surface area contributed by atoms with Crippen LogP contribution in [0.5, 0.6) is 0 Å². The monoisotopic (exact) mass is 271 g/mol. The number of hydrogen-bond donors (Lipinski definition) is 2. The number of nitrogens with zero attached hydrogens (tertiary/aromatic N) is 3. The number of hydrogen-bond acceptors (Lipinski definition) is 5. The topological polar surface area (TPSA) is 67.1 Å². The predicted molar refractivity (Wildman–Crippen MR) is 83.1 cm³/mol. The first-order valence-electron chi connectivity index (χ1n) is 6.87. The van der Waals surface area contributed by atoms with E-state index in [1.54, 1.807) is 0 Å². The average Bonchev–Trinajstić information content (AvgIpc) is 2.49. The van der Waals surface area contributed by atoms with Crippen molar-refractivity contribution in [3.63, 3.8) is 0 Å². The van der Waals surface area contributed by atoms with Crippen molar-refractivity contribution < 1.29 is 0 Å². The van der Waals surface area contributed by atoms with E-state index < -0.39 is 0 Å². The van der Waals surface area contributed by atoms with E-state index in [1.807, 2.05) is 25.1 Å². The van der Waals surface area contributed by atoms with Gasteiger partial charge in [-0.25, -0.2) is 15.8 Å². The van der Waals surface area contributed by atoms with Gasteiger partial charge in [0.1, 0.15) is 17.5 Å². The van der Waals surface area contributed by atoms with Crippen LogP contribution in [-0.2, 0) is 6.42 Å². The standard InChI is InChI=1S/C15H21N5/c1-4-13-17-14(19-16)10-15(18-13)20(5-2)12-9-7-6-8-11(12)3/h6-10H,4-5,16H2,1-3H3,(H,17,18,19). The second-order valence-corrected chi connectivity index (χ2v) is 4.56. The summed E-state index contributed by atoms with van der Waals surface area (Å²) in [7, 11) is 0.